The molecule has 0 saturated carbocycles. The largest absolute Gasteiger partial charge is 0.352 e. The number of nitrogens with one attached hydrogen (secondary N) is 1. The highest BCUT2D eigenvalue weighted by Crippen LogP contribution is 2.25. The van der Waals surface area contributed by atoms with Crippen molar-refractivity contribution in [2.24, 2.45) is 0 Å². The number of amides is 2. The van der Waals surface area contributed by atoms with E-state index < -0.39 is 11.9 Å². The molecule has 1 N–H and O–H groups in total. The van der Waals surface area contributed by atoms with E-state index in [4.69, 9.17) is 23.2 Å². The molecule has 3 rings (SSSR count). The van der Waals surface area contributed by atoms with Crippen molar-refractivity contribution >= 4 is 46.8 Å². The maximum atomic E-state index is 14.6. The number of carbonyl (C=O) groups excluding carboxylic acids is 2. The maximum Gasteiger partial charge on any atom is 0.243 e. The fourth-order valence-electron chi connectivity index (χ4n) is 3.71. The summed E-state index contributed by atoms with van der Waals surface area (Å²) in [6.45, 7) is 3.73. The highest BCUT2D eigenvalue weighted by molar-refractivity contribution is 7.99. The van der Waals surface area contributed by atoms with Crippen molar-refractivity contribution in [1.29, 1.82) is 0 Å². The van der Waals surface area contributed by atoms with Crippen molar-refractivity contribution in [3.63, 3.8) is 0 Å². The summed E-state index contributed by atoms with van der Waals surface area (Å²) in [6.07, 6.45) is 0.317. The first-order valence-corrected chi connectivity index (χ1v) is 13.5. The van der Waals surface area contributed by atoms with Crippen LogP contribution in [0.1, 0.15) is 30.5 Å². The Morgan fingerprint density at radius 1 is 0.944 bits per heavy atom. The molecule has 2 amide bonds. The van der Waals surface area contributed by atoms with E-state index in [0.29, 0.717) is 27.8 Å². The SMILES string of the molecule is CC(C)NC(=O)[C@@H](Cc1ccccc1)N(Cc1ccccc1F)C(=O)CSCc1ccc(Cl)c(Cl)c1. The van der Waals surface area contributed by atoms with Crippen LogP contribution in [0.15, 0.2) is 72.8 Å². The van der Waals surface area contributed by atoms with E-state index >= 15 is 0 Å². The summed E-state index contributed by atoms with van der Waals surface area (Å²) in [5.74, 6) is -0.273. The molecule has 190 valence electrons. The Hall–Kier alpha value is -2.54. The van der Waals surface area contributed by atoms with Crippen LogP contribution in [0.5, 0.6) is 0 Å². The number of carbonyl (C=O) groups is 2. The Balaban J connectivity index is 1.85. The molecule has 0 bridgehead atoms. The Morgan fingerprint density at radius 2 is 1.64 bits per heavy atom. The Morgan fingerprint density at radius 3 is 2.31 bits per heavy atom. The van der Waals surface area contributed by atoms with Crippen LogP contribution in [0.2, 0.25) is 10.0 Å². The van der Waals surface area contributed by atoms with Crippen molar-refractivity contribution in [2.45, 2.75) is 44.6 Å². The molecule has 0 aromatic heterocycles. The maximum absolute atomic E-state index is 14.6. The fourth-order valence-corrected chi connectivity index (χ4v) is 4.89. The molecule has 4 nitrogen and oxygen atoms in total. The summed E-state index contributed by atoms with van der Waals surface area (Å²) < 4.78 is 14.6. The number of halogens is 3. The third-order valence-corrected chi connectivity index (χ3v) is 7.21. The lowest BCUT2D eigenvalue weighted by atomic mass is 10.0. The Kier molecular flexibility index (Phi) is 10.7. The smallest absolute Gasteiger partial charge is 0.243 e. The second-order valence-corrected chi connectivity index (χ2v) is 10.5. The van der Waals surface area contributed by atoms with Gasteiger partial charge in [-0.3, -0.25) is 9.59 Å². The van der Waals surface area contributed by atoms with E-state index in [2.05, 4.69) is 5.32 Å². The summed E-state index contributed by atoms with van der Waals surface area (Å²) in [6, 6.07) is 20.3. The van der Waals surface area contributed by atoms with Crippen LogP contribution in [0.25, 0.3) is 0 Å². The molecule has 36 heavy (non-hydrogen) atoms. The van der Waals surface area contributed by atoms with Gasteiger partial charge in [0.25, 0.3) is 0 Å². The molecule has 0 fully saturated rings. The molecule has 0 aliphatic rings. The number of rotatable bonds is 11. The highest BCUT2D eigenvalue weighted by atomic mass is 35.5. The van der Waals surface area contributed by atoms with E-state index in [1.165, 1.54) is 22.7 Å². The van der Waals surface area contributed by atoms with Gasteiger partial charge in [-0.2, -0.15) is 0 Å². The Labute approximate surface area is 226 Å². The first-order chi connectivity index (χ1) is 17.2. The summed E-state index contributed by atoms with van der Waals surface area (Å²) in [5, 5.41) is 3.86. The molecule has 0 aliphatic heterocycles. The minimum atomic E-state index is -0.799. The predicted octanol–water partition coefficient (Wildman–Crippen LogP) is 6.53. The lowest BCUT2D eigenvalue weighted by molar-refractivity contribution is -0.139. The molecule has 0 spiro atoms. The van der Waals surface area contributed by atoms with Crippen LogP contribution in [0, 0.1) is 5.82 Å². The van der Waals surface area contributed by atoms with Crippen LogP contribution in [-0.4, -0.2) is 34.6 Å². The van der Waals surface area contributed by atoms with Gasteiger partial charge in [0.15, 0.2) is 0 Å². The van der Waals surface area contributed by atoms with Crippen molar-refractivity contribution in [2.75, 3.05) is 5.75 Å². The van der Waals surface area contributed by atoms with Gasteiger partial charge in [-0.1, -0.05) is 77.8 Å². The van der Waals surface area contributed by atoms with E-state index in [9.17, 15) is 14.0 Å². The zero-order valence-corrected chi connectivity index (χ0v) is 22.5. The number of hydrogen-bond acceptors (Lipinski definition) is 3. The molecular formula is C28H29Cl2FN2O2S. The predicted molar refractivity (Wildman–Crippen MR) is 147 cm³/mol. The molecule has 0 radical (unpaired) electrons. The van der Waals surface area contributed by atoms with Crippen molar-refractivity contribution in [3.05, 3.63) is 105 Å². The lowest BCUT2D eigenvalue weighted by Crippen LogP contribution is -2.52. The van der Waals surface area contributed by atoms with Crippen LogP contribution < -0.4 is 5.32 Å². The third-order valence-electron chi connectivity index (χ3n) is 5.48. The zero-order valence-electron chi connectivity index (χ0n) is 20.2. The molecule has 0 heterocycles. The molecule has 0 aliphatic carbocycles. The van der Waals surface area contributed by atoms with Crippen LogP contribution in [0.4, 0.5) is 4.39 Å². The average Bonchev–Trinajstić information content (AvgIpc) is 2.84. The van der Waals surface area contributed by atoms with Crippen LogP contribution >= 0.6 is 35.0 Å². The summed E-state index contributed by atoms with van der Waals surface area (Å²) in [4.78, 5) is 28.3. The summed E-state index contributed by atoms with van der Waals surface area (Å²) in [5.41, 5.74) is 2.20. The van der Waals surface area contributed by atoms with E-state index in [1.54, 1.807) is 30.3 Å². The van der Waals surface area contributed by atoms with Gasteiger partial charge in [0.2, 0.25) is 11.8 Å². The fraction of sp³-hybridized carbons (Fsp3) is 0.286. The van der Waals surface area contributed by atoms with E-state index in [-0.39, 0.29) is 30.2 Å². The third kappa shape index (κ3) is 8.26. The van der Waals surface area contributed by atoms with Crippen molar-refractivity contribution < 1.29 is 14.0 Å². The second-order valence-electron chi connectivity index (χ2n) is 8.72. The van der Waals surface area contributed by atoms with Gasteiger partial charge in [-0.25, -0.2) is 4.39 Å². The monoisotopic (exact) mass is 546 g/mol. The van der Waals surface area contributed by atoms with Gasteiger partial charge in [0.1, 0.15) is 11.9 Å². The molecule has 3 aromatic carbocycles. The molecule has 0 unspecified atom stereocenters. The summed E-state index contributed by atoms with van der Waals surface area (Å²) in [7, 11) is 0. The molecule has 1 atom stereocenters. The molecule has 0 saturated heterocycles. The average molecular weight is 548 g/mol. The highest BCUT2D eigenvalue weighted by Gasteiger charge is 2.31. The zero-order chi connectivity index (χ0) is 26.1. The number of benzene rings is 3. The minimum Gasteiger partial charge on any atom is -0.352 e. The molecule has 3 aromatic rings. The second kappa shape index (κ2) is 13.7. The molecule has 8 heteroatoms. The first-order valence-electron chi connectivity index (χ1n) is 11.6. The van der Waals surface area contributed by atoms with E-state index in [0.717, 1.165) is 11.1 Å². The lowest BCUT2D eigenvalue weighted by Gasteiger charge is -2.32. The Bertz CT molecular complexity index is 1180. The van der Waals surface area contributed by atoms with E-state index in [1.807, 2.05) is 50.2 Å². The number of nitrogens with zero attached hydrogens (tertiary/aromatic N) is 1. The quantitative estimate of drug-likeness (QED) is 0.297. The van der Waals surface area contributed by atoms with Gasteiger partial charge < -0.3 is 10.2 Å². The van der Waals surface area contributed by atoms with Crippen LogP contribution in [-0.2, 0) is 28.3 Å². The van der Waals surface area contributed by atoms with Crippen LogP contribution in [0.3, 0.4) is 0 Å². The van der Waals surface area contributed by atoms with Gasteiger partial charge in [0, 0.05) is 30.3 Å². The van der Waals surface area contributed by atoms with Crippen molar-refractivity contribution in [3.8, 4) is 0 Å². The van der Waals surface area contributed by atoms with Crippen molar-refractivity contribution in [1.82, 2.24) is 10.2 Å². The number of thioether (sulfide) groups is 1. The van der Waals surface area contributed by atoms with Gasteiger partial charge in [-0.05, 0) is 43.2 Å². The topological polar surface area (TPSA) is 49.4 Å². The first kappa shape index (κ1) is 28.0. The summed E-state index contributed by atoms with van der Waals surface area (Å²) >= 11 is 13.5. The molecular weight excluding hydrogens is 518 g/mol. The van der Waals surface area contributed by atoms with Gasteiger partial charge in [-0.15, -0.1) is 11.8 Å². The number of hydrogen-bond donors (Lipinski definition) is 1. The standard InChI is InChI=1S/C28H29Cl2FN2O2S/c1-19(2)32-28(35)26(15-20-8-4-3-5-9-20)33(16-22-10-6-7-11-25(22)31)27(34)18-36-17-21-12-13-23(29)24(30)14-21/h3-14,19,26H,15-18H2,1-2H3,(H,32,35)/t26-/m1/s1. The normalized spacial score (nSPS) is 11.8. The van der Waals surface area contributed by atoms with Gasteiger partial charge in [0.05, 0.1) is 15.8 Å². The minimum absolute atomic E-state index is 0.0120. The van der Waals surface area contributed by atoms with Gasteiger partial charge >= 0.3 is 0 Å².